The molecule has 5 heteroatoms. The van der Waals surface area contributed by atoms with Gasteiger partial charge in [-0.05, 0) is 18.6 Å². The number of H-pyrrole nitrogens is 1. The van der Waals surface area contributed by atoms with E-state index < -0.39 is 0 Å². The SMILES string of the molecule is CCc1nn(C)cc1-c1nc2c(C#N)cccc2[nH]1. The number of fused-ring (bicyclic) bond motifs is 1. The fraction of sp³-hybridized carbons (Fsp3) is 0.214. The number of hydrogen-bond acceptors (Lipinski definition) is 3. The van der Waals surface area contributed by atoms with Crippen LogP contribution in [0.3, 0.4) is 0 Å². The number of hydrogen-bond donors (Lipinski definition) is 1. The summed E-state index contributed by atoms with van der Waals surface area (Å²) in [5.74, 6) is 0.766. The summed E-state index contributed by atoms with van der Waals surface area (Å²) >= 11 is 0. The summed E-state index contributed by atoms with van der Waals surface area (Å²) in [6.07, 6.45) is 2.79. The highest BCUT2D eigenvalue weighted by Crippen LogP contribution is 2.24. The Morgan fingerprint density at radius 3 is 3.00 bits per heavy atom. The molecule has 0 bridgehead atoms. The molecule has 1 aromatic carbocycles. The van der Waals surface area contributed by atoms with E-state index >= 15 is 0 Å². The van der Waals surface area contributed by atoms with Gasteiger partial charge in [0.2, 0.25) is 0 Å². The lowest BCUT2D eigenvalue weighted by Crippen LogP contribution is -1.89. The Kier molecular flexibility index (Phi) is 2.57. The summed E-state index contributed by atoms with van der Waals surface area (Å²) in [7, 11) is 1.89. The normalized spacial score (nSPS) is 10.8. The predicted molar refractivity (Wildman–Crippen MR) is 72.4 cm³/mol. The van der Waals surface area contributed by atoms with E-state index in [-0.39, 0.29) is 0 Å². The van der Waals surface area contributed by atoms with Crippen molar-refractivity contribution in [3.05, 3.63) is 35.7 Å². The van der Waals surface area contributed by atoms with Crippen molar-refractivity contribution >= 4 is 11.0 Å². The molecular weight excluding hydrogens is 238 g/mol. The minimum absolute atomic E-state index is 0.585. The first-order valence-corrected chi connectivity index (χ1v) is 6.14. The molecule has 0 spiro atoms. The summed E-state index contributed by atoms with van der Waals surface area (Å²) in [5, 5.41) is 13.5. The molecule has 3 rings (SSSR count). The fourth-order valence-corrected chi connectivity index (χ4v) is 2.24. The van der Waals surface area contributed by atoms with Gasteiger partial charge in [-0.15, -0.1) is 0 Å². The number of benzene rings is 1. The number of aryl methyl sites for hydroxylation is 2. The molecule has 5 nitrogen and oxygen atoms in total. The zero-order chi connectivity index (χ0) is 13.4. The van der Waals surface area contributed by atoms with Crippen LogP contribution in [0.1, 0.15) is 18.2 Å². The number of aromatic nitrogens is 4. The maximum absolute atomic E-state index is 9.10. The quantitative estimate of drug-likeness (QED) is 0.760. The Labute approximate surface area is 110 Å². The topological polar surface area (TPSA) is 70.3 Å². The maximum Gasteiger partial charge on any atom is 0.142 e. The fourth-order valence-electron chi connectivity index (χ4n) is 2.24. The summed E-state index contributed by atoms with van der Waals surface area (Å²) in [6.45, 7) is 2.06. The van der Waals surface area contributed by atoms with Crippen molar-refractivity contribution in [1.82, 2.24) is 19.7 Å². The number of nitrogens with one attached hydrogen (secondary N) is 1. The van der Waals surface area contributed by atoms with E-state index in [1.54, 1.807) is 10.7 Å². The first kappa shape index (κ1) is 11.5. The molecule has 0 amide bonds. The van der Waals surface area contributed by atoms with E-state index in [1.165, 1.54) is 0 Å². The first-order valence-electron chi connectivity index (χ1n) is 6.14. The minimum atomic E-state index is 0.585. The molecule has 0 fully saturated rings. The highest BCUT2D eigenvalue weighted by Gasteiger charge is 2.13. The highest BCUT2D eigenvalue weighted by molar-refractivity contribution is 5.84. The van der Waals surface area contributed by atoms with Crippen LogP contribution in [0, 0.1) is 11.3 Å². The first-order chi connectivity index (χ1) is 9.22. The van der Waals surface area contributed by atoms with Crippen LogP contribution in [0.5, 0.6) is 0 Å². The molecule has 3 aromatic rings. The molecule has 0 saturated carbocycles. The van der Waals surface area contributed by atoms with Crippen molar-refractivity contribution in [2.45, 2.75) is 13.3 Å². The molecular formula is C14H13N5. The molecule has 0 radical (unpaired) electrons. The van der Waals surface area contributed by atoms with Crippen LogP contribution in [-0.2, 0) is 13.5 Å². The average molecular weight is 251 g/mol. The predicted octanol–water partition coefficient (Wildman–Crippen LogP) is 2.40. The molecule has 94 valence electrons. The van der Waals surface area contributed by atoms with E-state index in [4.69, 9.17) is 5.26 Å². The molecule has 2 aromatic heterocycles. The number of nitriles is 1. The largest absolute Gasteiger partial charge is 0.338 e. The summed E-state index contributed by atoms with van der Waals surface area (Å²) < 4.78 is 1.78. The second-order valence-electron chi connectivity index (χ2n) is 4.42. The van der Waals surface area contributed by atoms with E-state index in [0.717, 1.165) is 29.0 Å². The van der Waals surface area contributed by atoms with Crippen molar-refractivity contribution in [2.75, 3.05) is 0 Å². The van der Waals surface area contributed by atoms with Gasteiger partial charge in [0.25, 0.3) is 0 Å². The van der Waals surface area contributed by atoms with E-state index in [9.17, 15) is 0 Å². The van der Waals surface area contributed by atoms with Gasteiger partial charge in [-0.25, -0.2) is 4.98 Å². The number of aromatic amines is 1. The third kappa shape index (κ3) is 1.78. The maximum atomic E-state index is 9.10. The number of rotatable bonds is 2. The zero-order valence-corrected chi connectivity index (χ0v) is 10.8. The van der Waals surface area contributed by atoms with E-state index in [2.05, 4.69) is 28.1 Å². The van der Waals surface area contributed by atoms with Crippen LogP contribution >= 0.6 is 0 Å². The number of nitrogens with zero attached hydrogens (tertiary/aromatic N) is 4. The van der Waals surface area contributed by atoms with Crippen molar-refractivity contribution < 1.29 is 0 Å². The van der Waals surface area contributed by atoms with Gasteiger partial charge in [0.1, 0.15) is 17.4 Å². The molecule has 2 heterocycles. The van der Waals surface area contributed by atoms with Gasteiger partial charge >= 0.3 is 0 Å². The summed E-state index contributed by atoms with van der Waals surface area (Å²) in [4.78, 5) is 7.80. The van der Waals surface area contributed by atoms with Crippen LogP contribution in [0.2, 0.25) is 0 Å². The molecule has 19 heavy (non-hydrogen) atoms. The van der Waals surface area contributed by atoms with Crippen LogP contribution in [0.4, 0.5) is 0 Å². The van der Waals surface area contributed by atoms with Crippen LogP contribution < -0.4 is 0 Å². The molecule has 0 aliphatic rings. The molecule has 0 aliphatic heterocycles. The Bertz CT molecular complexity index is 788. The van der Waals surface area contributed by atoms with Gasteiger partial charge in [-0.1, -0.05) is 13.0 Å². The van der Waals surface area contributed by atoms with Gasteiger partial charge < -0.3 is 4.98 Å². The Balaban J connectivity index is 2.24. The Morgan fingerprint density at radius 2 is 2.26 bits per heavy atom. The third-order valence-corrected chi connectivity index (χ3v) is 3.13. The molecule has 0 saturated heterocycles. The van der Waals surface area contributed by atoms with Gasteiger partial charge in [0.05, 0.1) is 22.3 Å². The molecule has 0 aliphatic carbocycles. The smallest absolute Gasteiger partial charge is 0.142 e. The van der Waals surface area contributed by atoms with Crippen molar-refractivity contribution in [3.63, 3.8) is 0 Å². The Hall–Kier alpha value is -2.61. The van der Waals surface area contributed by atoms with Crippen LogP contribution in [0.25, 0.3) is 22.4 Å². The minimum Gasteiger partial charge on any atom is -0.338 e. The van der Waals surface area contributed by atoms with Crippen molar-refractivity contribution in [2.24, 2.45) is 7.05 Å². The standard InChI is InChI=1S/C14H13N5/c1-3-11-10(8-19(2)18-11)14-16-12-6-4-5-9(7-15)13(12)17-14/h4-6,8H,3H2,1-2H3,(H,16,17). The zero-order valence-electron chi connectivity index (χ0n) is 10.8. The van der Waals surface area contributed by atoms with Crippen molar-refractivity contribution in [1.29, 1.82) is 5.26 Å². The molecule has 0 atom stereocenters. The van der Waals surface area contributed by atoms with Gasteiger partial charge in [-0.2, -0.15) is 10.4 Å². The second kappa shape index (κ2) is 4.25. The van der Waals surface area contributed by atoms with Gasteiger partial charge in [-0.3, -0.25) is 4.68 Å². The van der Waals surface area contributed by atoms with Crippen LogP contribution in [-0.4, -0.2) is 19.7 Å². The highest BCUT2D eigenvalue weighted by atomic mass is 15.3. The number of imidazole rings is 1. The van der Waals surface area contributed by atoms with Gasteiger partial charge in [0, 0.05) is 13.2 Å². The second-order valence-corrected chi connectivity index (χ2v) is 4.42. The summed E-state index contributed by atoms with van der Waals surface area (Å²) in [6, 6.07) is 7.72. The van der Waals surface area contributed by atoms with E-state index in [1.807, 2.05) is 25.4 Å². The van der Waals surface area contributed by atoms with Crippen molar-refractivity contribution in [3.8, 4) is 17.5 Å². The monoisotopic (exact) mass is 251 g/mol. The van der Waals surface area contributed by atoms with E-state index in [0.29, 0.717) is 11.1 Å². The molecule has 1 N–H and O–H groups in total. The molecule has 0 unspecified atom stereocenters. The third-order valence-electron chi connectivity index (χ3n) is 3.13. The lowest BCUT2D eigenvalue weighted by atomic mass is 10.2. The Morgan fingerprint density at radius 1 is 1.42 bits per heavy atom. The lowest BCUT2D eigenvalue weighted by molar-refractivity contribution is 0.746. The van der Waals surface area contributed by atoms with Crippen LogP contribution in [0.15, 0.2) is 24.4 Å². The van der Waals surface area contributed by atoms with Gasteiger partial charge in [0.15, 0.2) is 0 Å². The number of para-hydroxylation sites is 1. The lowest BCUT2D eigenvalue weighted by Gasteiger charge is -1.93. The average Bonchev–Trinajstić information content (AvgIpc) is 3.00. The summed E-state index contributed by atoms with van der Waals surface area (Å²) in [5.41, 5.74) is 4.16.